The second-order valence-electron chi connectivity index (χ2n) is 3.98. The molecule has 0 spiro atoms. The van der Waals surface area contributed by atoms with E-state index in [1.165, 1.54) is 0 Å². The van der Waals surface area contributed by atoms with Crippen LogP contribution in [0.25, 0.3) is 21.6 Å². The molecule has 4 heteroatoms. The molecular weight excluding hydrogens is 260 g/mol. The van der Waals surface area contributed by atoms with Gasteiger partial charge in [-0.25, -0.2) is 4.98 Å². The highest BCUT2D eigenvalue weighted by Gasteiger charge is 2.09. The lowest BCUT2D eigenvalue weighted by Gasteiger charge is -2.11. The van der Waals surface area contributed by atoms with Crippen molar-refractivity contribution in [2.45, 2.75) is 13.5 Å². The molecule has 0 N–H and O–H groups in total. The first-order valence-electron chi connectivity index (χ1n) is 5.84. The van der Waals surface area contributed by atoms with Crippen LogP contribution in [-0.2, 0) is 6.54 Å². The summed E-state index contributed by atoms with van der Waals surface area (Å²) in [5, 5.41) is 2.05. The van der Waals surface area contributed by atoms with Crippen molar-refractivity contribution < 1.29 is 0 Å². The molecule has 2 aromatic heterocycles. The molecule has 0 aliphatic heterocycles. The van der Waals surface area contributed by atoms with E-state index >= 15 is 0 Å². The molecule has 0 aliphatic carbocycles. The number of hydrogen-bond acceptors (Lipinski definition) is 3. The predicted molar refractivity (Wildman–Crippen MR) is 79.6 cm³/mol. The number of para-hydroxylation sites is 2. The number of nitrogens with zero attached hydrogens (tertiary/aromatic N) is 2. The van der Waals surface area contributed by atoms with Crippen LogP contribution in [0.5, 0.6) is 0 Å². The zero-order valence-electron chi connectivity index (χ0n) is 9.96. The Hall–Kier alpha value is -1.52. The molecule has 0 atom stereocenters. The van der Waals surface area contributed by atoms with E-state index in [0.717, 1.165) is 32.8 Å². The lowest BCUT2D eigenvalue weighted by atomic mass is 10.2. The molecule has 0 aliphatic rings. The number of benzene rings is 1. The molecule has 18 heavy (non-hydrogen) atoms. The highest BCUT2D eigenvalue weighted by molar-refractivity contribution is 7.71. The molecule has 2 nitrogen and oxygen atoms in total. The van der Waals surface area contributed by atoms with Gasteiger partial charge in [0.25, 0.3) is 0 Å². The second-order valence-corrected chi connectivity index (χ2v) is 5.31. The van der Waals surface area contributed by atoms with Gasteiger partial charge in [0.2, 0.25) is 0 Å². The van der Waals surface area contributed by atoms with Crippen LogP contribution in [-0.4, -0.2) is 9.55 Å². The van der Waals surface area contributed by atoms with Gasteiger partial charge in [0.05, 0.1) is 15.9 Å². The van der Waals surface area contributed by atoms with Gasteiger partial charge in [-0.05, 0) is 30.5 Å². The first kappa shape index (κ1) is 11.6. The highest BCUT2D eigenvalue weighted by atomic mass is 32.1. The van der Waals surface area contributed by atoms with Crippen LogP contribution >= 0.6 is 23.6 Å². The fraction of sp³-hybridized carbons (Fsp3) is 0.143. The second kappa shape index (κ2) is 4.63. The molecule has 0 unspecified atom stereocenters. The van der Waals surface area contributed by atoms with E-state index in [0.29, 0.717) is 0 Å². The van der Waals surface area contributed by atoms with Gasteiger partial charge in [-0.2, -0.15) is 0 Å². The van der Waals surface area contributed by atoms with E-state index in [1.807, 2.05) is 24.3 Å². The Labute approximate surface area is 115 Å². The molecule has 0 saturated heterocycles. The largest absolute Gasteiger partial charge is 0.329 e. The molecule has 0 saturated carbocycles. The molecule has 0 amide bonds. The SMILES string of the molecule is CCn1c(=S)c(-c2cccs2)nc2ccccc21. The molecule has 0 fully saturated rings. The fourth-order valence-corrected chi connectivity index (χ4v) is 3.24. The molecule has 3 aromatic rings. The van der Waals surface area contributed by atoms with Crippen molar-refractivity contribution >= 4 is 34.6 Å². The van der Waals surface area contributed by atoms with Gasteiger partial charge in [-0.3, -0.25) is 0 Å². The Bertz CT molecular complexity index is 742. The van der Waals surface area contributed by atoms with Gasteiger partial charge in [0, 0.05) is 6.54 Å². The molecular formula is C14H12N2S2. The van der Waals surface area contributed by atoms with Gasteiger partial charge in [-0.1, -0.05) is 30.4 Å². The minimum absolute atomic E-state index is 0.818. The van der Waals surface area contributed by atoms with Crippen LogP contribution in [0.2, 0.25) is 0 Å². The van der Waals surface area contributed by atoms with Crippen LogP contribution in [0.1, 0.15) is 6.92 Å². The van der Waals surface area contributed by atoms with Gasteiger partial charge in [-0.15, -0.1) is 11.3 Å². The van der Waals surface area contributed by atoms with Gasteiger partial charge >= 0.3 is 0 Å². The molecule has 2 heterocycles. The van der Waals surface area contributed by atoms with Crippen molar-refractivity contribution in [2.24, 2.45) is 0 Å². The first-order valence-corrected chi connectivity index (χ1v) is 7.13. The highest BCUT2D eigenvalue weighted by Crippen LogP contribution is 2.26. The molecule has 0 radical (unpaired) electrons. The predicted octanol–water partition coefficient (Wildman–Crippen LogP) is 4.51. The maximum atomic E-state index is 5.57. The van der Waals surface area contributed by atoms with Crippen LogP contribution in [0.15, 0.2) is 41.8 Å². The van der Waals surface area contributed by atoms with Crippen LogP contribution in [0, 0.1) is 4.64 Å². The third-order valence-corrected chi connectivity index (χ3v) is 4.21. The maximum absolute atomic E-state index is 5.57. The molecule has 90 valence electrons. The standard InChI is InChI=1S/C14H12N2S2/c1-2-16-11-7-4-3-6-10(11)15-13(14(16)17)12-8-5-9-18-12/h3-9H,2H2,1H3. The maximum Gasteiger partial charge on any atom is 0.133 e. The number of aryl methyl sites for hydroxylation is 1. The van der Waals surface area contributed by atoms with Crippen LogP contribution in [0.3, 0.4) is 0 Å². The Morgan fingerprint density at radius 1 is 1.22 bits per heavy atom. The van der Waals surface area contributed by atoms with Crippen molar-refractivity contribution in [1.82, 2.24) is 9.55 Å². The quantitative estimate of drug-likeness (QED) is 0.639. The van der Waals surface area contributed by atoms with Crippen molar-refractivity contribution in [3.05, 3.63) is 46.4 Å². The molecule has 1 aromatic carbocycles. The summed E-state index contributed by atoms with van der Waals surface area (Å²) < 4.78 is 2.96. The summed E-state index contributed by atoms with van der Waals surface area (Å²) in [6.07, 6.45) is 0. The minimum atomic E-state index is 0.818. The summed E-state index contributed by atoms with van der Waals surface area (Å²) >= 11 is 7.25. The number of rotatable bonds is 2. The summed E-state index contributed by atoms with van der Waals surface area (Å²) in [7, 11) is 0. The third-order valence-electron chi connectivity index (χ3n) is 2.92. The normalized spacial score (nSPS) is 10.9. The zero-order chi connectivity index (χ0) is 12.5. The Kier molecular flexibility index (Phi) is 2.97. The van der Waals surface area contributed by atoms with E-state index in [4.69, 9.17) is 17.2 Å². The number of hydrogen-bond donors (Lipinski definition) is 0. The van der Waals surface area contributed by atoms with E-state index in [2.05, 4.69) is 29.0 Å². The lowest BCUT2D eigenvalue weighted by molar-refractivity contribution is 0.774. The van der Waals surface area contributed by atoms with E-state index in [-0.39, 0.29) is 0 Å². The minimum Gasteiger partial charge on any atom is -0.329 e. The topological polar surface area (TPSA) is 17.8 Å². The monoisotopic (exact) mass is 272 g/mol. The van der Waals surface area contributed by atoms with Crippen LogP contribution in [0.4, 0.5) is 0 Å². The zero-order valence-corrected chi connectivity index (χ0v) is 11.6. The van der Waals surface area contributed by atoms with E-state index in [9.17, 15) is 0 Å². The number of thiophene rings is 1. The molecule has 3 rings (SSSR count). The summed E-state index contributed by atoms with van der Waals surface area (Å²) in [5.41, 5.74) is 3.02. The van der Waals surface area contributed by atoms with Gasteiger partial charge < -0.3 is 4.57 Å². The Morgan fingerprint density at radius 3 is 2.78 bits per heavy atom. The summed E-state index contributed by atoms with van der Waals surface area (Å²) in [4.78, 5) is 5.84. The van der Waals surface area contributed by atoms with Crippen molar-refractivity contribution in [1.29, 1.82) is 0 Å². The fourth-order valence-electron chi connectivity index (χ4n) is 2.08. The van der Waals surface area contributed by atoms with Crippen molar-refractivity contribution in [2.75, 3.05) is 0 Å². The van der Waals surface area contributed by atoms with Gasteiger partial charge in [0.1, 0.15) is 10.3 Å². The third kappa shape index (κ3) is 1.78. The van der Waals surface area contributed by atoms with Gasteiger partial charge in [0.15, 0.2) is 0 Å². The number of aromatic nitrogens is 2. The number of fused-ring (bicyclic) bond motifs is 1. The smallest absolute Gasteiger partial charge is 0.133 e. The Balaban J connectivity index is 2.41. The van der Waals surface area contributed by atoms with Crippen molar-refractivity contribution in [3.8, 4) is 10.6 Å². The average molecular weight is 272 g/mol. The summed E-state index contributed by atoms with van der Waals surface area (Å²) in [5.74, 6) is 0. The summed E-state index contributed by atoms with van der Waals surface area (Å²) in [6.45, 7) is 2.97. The van der Waals surface area contributed by atoms with E-state index < -0.39 is 0 Å². The Morgan fingerprint density at radius 2 is 2.06 bits per heavy atom. The van der Waals surface area contributed by atoms with E-state index in [1.54, 1.807) is 11.3 Å². The van der Waals surface area contributed by atoms with Crippen molar-refractivity contribution in [3.63, 3.8) is 0 Å². The summed E-state index contributed by atoms with van der Waals surface area (Å²) in [6, 6.07) is 12.2. The lowest BCUT2D eigenvalue weighted by Crippen LogP contribution is -2.03. The first-order chi connectivity index (χ1) is 8.81. The average Bonchev–Trinajstić information content (AvgIpc) is 2.92. The van der Waals surface area contributed by atoms with Crippen LogP contribution < -0.4 is 0 Å². The molecule has 0 bridgehead atoms.